The lowest BCUT2D eigenvalue weighted by Gasteiger charge is -2.07. The molecule has 2 aromatic carbocycles. The maximum absolute atomic E-state index is 11.9. The van der Waals surface area contributed by atoms with Crippen LogP contribution in [0.25, 0.3) is 0 Å². The molecule has 0 saturated heterocycles. The highest BCUT2D eigenvalue weighted by Crippen LogP contribution is 2.20. The number of rotatable bonds is 5. The van der Waals surface area contributed by atoms with Crippen LogP contribution in [0.1, 0.15) is 0 Å². The van der Waals surface area contributed by atoms with E-state index < -0.39 is 20.5 Å². The van der Waals surface area contributed by atoms with Crippen molar-refractivity contribution in [2.75, 3.05) is 11.5 Å². The van der Waals surface area contributed by atoms with Crippen molar-refractivity contribution in [1.29, 1.82) is 0 Å². The zero-order chi connectivity index (χ0) is 16.4. The molecule has 4 N–H and O–H groups in total. The van der Waals surface area contributed by atoms with Crippen LogP contribution < -0.4 is 15.7 Å². The van der Waals surface area contributed by atoms with Crippen molar-refractivity contribution in [2.45, 2.75) is 4.90 Å². The number of nitrogens with two attached hydrogens (primary N) is 2. The Balaban J connectivity index is 2.20. The Bertz CT molecular complexity index is 859. The van der Waals surface area contributed by atoms with Gasteiger partial charge < -0.3 is 15.7 Å². The Hall–Kier alpha value is -2.30. The molecule has 0 aliphatic carbocycles. The quantitative estimate of drug-likeness (QED) is 0.762. The van der Waals surface area contributed by atoms with Gasteiger partial charge in [0.05, 0.1) is 4.90 Å². The van der Waals surface area contributed by atoms with E-state index in [0.717, 1.165) is 12.1 Å². The largest absolute Gasteiger partial charge is 0.464 e. The topological polar surface area (TPSA) is 139 Å². The van der Waals surface area contributed by atoms with Crippen molar-refractivity contribution < 1.29 is 24.6 Å². The van der Waals surface area contributed by atoms with Gasteiger partial charge in [-0.25, -0.2) is 0 Å². The summed E-state index contributed by atoms with van der Waals surface area (Å²) in [6, 6.07) is 10.1. The number of nitrogen functional groups attached to an aromatic ring is 2. The SMILES string of the molecule is Nc1ccc(OS(=O)(=O)OS(=O)(=O)c2ccc(N)cc2)cc1. The molecule has 0 atom stereocenters. The summed E-state index contributed by atoms with van der Waals surface area (Å²) in [4.78, 5) is -0.369. The van der Waals surface area contributed by atoms with Crippen molar-refractivity contribution in [3.63, 3.8) is 0 Å². The first kappa shape index (κ1) is 16.1. The summed E-state index contributed by atoms with van der Waals surface area (Å²) in [7, 11) is -9.38. The summed E-state index contributed by atoms with van der Waals surface area (Å²) in [5, 5.41) is 0. The van der Waals surface area contributed by atoms with Gasteiger partial charge >= 0.3 is 20.5 Å². The van der Waals surface area contributed by atoms with E-state index in [4.69, 9.17) is 11.5 Å². The summed E-state index contributed by atoms with van der Waals surface area (Å²) in [5.41, 5.74) is 11.6. The molecule has 0 aliphatic heterocycles. The van der Waals surface area contributed by atoms with Gasteiger partial charge in [0, 0.05) is 11.4 Å². The summed E-state index contributed by atoms with van der Waals surface area (Å²) < 4.78 is 55.7. The molecule has 0 bridgehead atoms. The Morgan fingerprint density at radius 2 is 1.18 bits per heavy atom. The summed E-state index contributed by atoms with van der Waals surface area (Å²) in [6.07, 6.45) is 0. The highest BCUT2D eigenvalue weighted by atomic mass is 32.3. The molecular weight excluding hydrogens is 332 g/mol. The summed E-state index contributed by atoms with van der Waals surface area (Å²) in [6.45, 7) is 0. The molecule has 118 valence electrons. The Labute approximate surface area is 127 Å². The van der Waals surface area contributed by atoms with Crippen LogP contribution in [0.15, 0.2) is 53.4 Å². The van der Waals surface area contributed by atoms with Crippen molar-refractivity contribution in [1.82, 2.24) is 0 Å². The number of hydrogen-bond donors (Lipinski definition) is 2. The van der Waals surface area contributed by atoms with Gasteiger partial charge in [0.2, 0.25) is 0 Å². The minimum atomic E-state index is -4.82. The van der Waals surface area contributed by atoms with Gasteiger partial charge in [0.25, 0.3) is 0 Å². The normalized spacial score (nSPS) is 12.0. The van der Waals surface area contributed by atoms with Gasteiger partial charge in [-0.05, 0) is 48.5 Å². The molecular formula is C12H12N2O6S2. The first-order valence-corrected chi connectivity index (χ1v) is 8.54. The molecule has 0 radical (unpaired) electrons. The Morgan fingerprint density at radius 1 is 0.727 bits per heavy atom. The zero-order valence-electron chi connectivity index (χ0n) is 11.0. The van der Waals surface area contributed by atoms with Gasteiger partial charge in [0.15, 0.2) is 0 Å². The molecule has 22 heavy (non-hydrogen) atoms. The number of benzene rings is 2. The average molecular weight is 344 g/mol. The van der Waals surface area contributed by atoms with Crippen molar-refractivity contribution >= 4 is 31.9 Å². The highest BCUT2D eigenvalue weighted by Gasteiger charge is 2.26. The van der Waals surface area contributed by atoms with Crippen LogP contribution in [0.4, 0.5) is 11.4 Å². The molecule has 0 spiro atoms. The lowest BCUT2D eigenvalue weighted by atomic mass is 10.3. The van der Waals surface area contributed by atoms with Crippen LogP contribution in [0.2, 0.25) is 0 Å². The van der Waals surface area contributed by atoms with Gasteiger partial charge in [0.1, 0.15) is 5.75 Å². The van der Waals surface area contributed by atoms with Crippen LogP contribution in [-0.4, -0.2) is 16.8 Å². The first-order chi connectivity index (χ1) is 10.2. The molecule has 2 aromatic rings. The van der Waals surface area contributed by atoms with Crippen LogP contribution in [-0.2, 0) is 24.1 Å². The lowest BCUT2D eigenvalue weighted by molar-refractivity contribution is 0.389. The van der Waals surface area contributed by atoms with Gasteiger partial charge in [-0.3, -0.25) is 0 Å². The minimum Gasteiger partial charge on any atom is -0.399 e. The molecule has 8 nitrogen and oxygen atoms in total. The van der Waals surface area contributed by atoms with Crippen molar-refractivity contribution in [3.8, 4) is 5.75 Å². The molecule has 0 fully saturated rings. The maximum atomic E-state index is 11.9. The molecule has 0 aliphatic rings. The van der Waals surface area contributed by atoms with E-state index in [2.05, 4.69) is 7.81 Å². The summed E-state index contributed by atoms with van der Waals surface area (Å²) >= 11 is 0. The van der Waals surface area contributed by atoms with Gasteiger partial charge in [-0.15, -0.1) is 3.63 Å². The predicted octanol–water partition coefficient (Wildman–Crippen LogP) is 0.880. The van der Waals surface area contributed by atoms with Crippen LogP contribution >= 0.6 is 0 Å². The van der Waals surface area contributed by atoms with E-state index in [1.807, 2.05) is 0 Å². The fourth-order valence-corrected chi connectivity index (χ4v) is 3.56. The van der Waals surface area contributed by atoms with Crippen LogP contribution in [0.5, 0.6) is 5.75 Å². The summed E-state index contributed by atoms with van der Waals surface area (Å²) in [5.74, 6) is -0.137. The van der Waals surface area contributed by atoms with E-state index in [1.165, 1.54) is 36.4 Å². The van der Waals surface area contributed by atoms with E-state index in [-0.39, 0.29) is 10.6 Å². The molecule has 10 heteroatoms. The van der Waals surface area contributed by atoms with Gasteiger partial charge in [-0.2, -0.15) is 16.8 Å². The van der Waals surface area contributed by atoms with Crippen LogP contribution in [0, 0.1) is 0 Å². The Kier molecular flexibility index (Phi) is 4.26. The third-order valence-electron chi connectivity index (χ3n) is 2.42. The molecule has 0 amide bonds. The second kappa shape index (κ2) is 5.83. The van der Waals surface area contributed by atoms with Gasteiger partial charge in [-0.1, -0.05) is 0 Å². The van der Waals surface area contributed by atoms with E-state index >= 15 is 0 Å². The molecule has 0 unspecified atom stereocenters. The third-order valence-corrected chi connectivity index (χ3v) is 5.05. The second-order valence-corrected chi connectivity index (χ2v) is 7.06. The van der Waals surface area contributed by atoms with Crippen molar-refractivity contribution in [2.24, 2.45) is 0 Å². The average Bonchev–Trinajstić information content (AvgIpc) is 2.40. The number of hydrogen-bond acceptors (Lipinski definition) is 8. The fraction of sp³-hybridized carbons (Fsp3) is 0. The predicted molar refractivity (Wildman–Crippen MR) is 79.5 cm³/mol. The molecule has 0 heterocycles. The maximum Gasteiger partial charge on any atom is 0.464 e. The third kappa shape index (κ3) is 4.10. The first-order valence-electron chi connectivity index (χ1n) is 5.79. The Morgan fingerprint density at radius 3 is 1.68 bits per heavy atom. The zero-order valence-corrected chi connectivity index (χ0v) is 12.7. The molecule has 0 saturated carbocycles. The lowest BCUT2D eigenvalue weighted by Crippen LogP contribution is -2.18. The van der Waals surface area contributed by atoms with E-state index in [0.29, 0.717) is 11.4 Å². The monoisotopic (exact) mass is 344 g/mol. The number of anilines is 2. The van der Waals surface area contributed by atoms with E-state index in [1.54, 1.807) is 0 Å². The van der Waals surface area contributed by atoms with Crippen molar-refractivity contribution in [3.05, 3.63) is 48.5 Å². The van der Waals surface area contributed by atoms with Crippen LogP contribution in [0.3, 0.4) is 0 Å². The smallest absolute Gasteiger partial charge is 0.399 e. The standard InChI is InChI=1S/C12H12N2O6S2/c13-9-1-5-11(6-2-9)19-22(17,18)20-21(15,16)12-7-3-10(14)4-8-12/h1-8H,13-14H2. The second-order valence-electron chi connectivity index (χ2n) is 4.15. The van der Waals surface area contributed by atoms with E-state index in [9.17, 15) is 16.8 Å². The minimum absolute atomic E-state index is 0.137. The highest BCUT2D eigenvalue weighted by molar-refractivity contribution is 7.98. The fourth-order valence-electron chi connectivity index (χ4n) is 1.44. The molecule has 2 rings (SSSR count). The molecule has 0 aromatic heterocycles.